The highest BCUT2D eigenvalue weighted by Crippen LogP contribution is 2.44. The van der Waals surface area contributed by atoms with Crippen LogP contribution in [-0.2, 0) is 16.0 Å². The van der Waals surface area contributed by atoms with Crippen molar-refractivity contribution in [3.63, 3.8) is 0 Å². The maximum absolute atomic E-state index is 12.8. The Labute approximate surface area is 256 Å². The number of carbonyl (C=O) groups is 2. The van der Waals surface area contributed by atoms with Gasteiger partial charge in [-0.15, -0.1) is 11.3 Å². The first kappa shape index (κ1) is 26.6. The molecule has 0 radical (unpaired) electrons. The Morgan fingerprint density at radius 3 is 2.60 bits per heavy atom. The van der Waals surface area contributed by atoms with E-state index >= 15 is 0 Å². The van der Waals surface area contributed by atoms with Crippen LogP contribution >= 0.6 is 35.3 Å². The molecule has 1 saturated heterocycles. The molecule has 1 aliphatic carbocycles. The molecule has 1 aromatic heterocycles. The number of aliphatic carboxylic acids is 1. The van der Waals surface area contributed by atoms with E-state index in [0.717, 1.165) is 28.4 Å². The maximum Gasteiger partial charge on any atom is 0.323 e. The molecule has 0 bridgehead atoms. The number of carboxylic acids is 1. The minimum Gasteiger partial charge on any atom is -0.480 e. The number of carboxylic acid groups (broad SMARTS) is 1. The fourth-order valence-electron chi connectivity index (χ4n) is 5.63. The third-order valence-corrected chi connectivity index (χ3v) is 10.1. The van der Waals surface area contributed by atoms with Gasteiger partial charge < -0.3 is 10.0 Å². The van der Waals surface area contributed by atoms with E-state index in [0.29, 0.717) is 4.91 Å². The van der Waals surface area contributed by atoms with Gasteiger partial charge in [0.1, 0.15) is 10.9 Å². The summed E-state index contributed by atoms with van der Waals surface area (Å²) in [5.41, 5.74) is 4.53. The Bertz CT molecular complexity index is 1960. The normalized spacial score (nSPS) is 17.4. The van der Waals surface area contributed by atoms with Crippen molar-refractivity contribution in [2.24, 2.45) is 5.92 Å². The van der Waals surface area contributed by atoms with Crippen LogP contribution in [0.25, 0.3) is 26.9 Å². The SMILES string of the molecule is O=C(O)CN1C(=O)/C(=C/C2C=Cc3c(sc4cc(N(c5ccccc5)c5cccc6ccccc56)ccc34)C2)SC1=S. The molecule has 1 amide bonds. The maximum atomic E-state index is 12.8. The molecule has 0 spiro atoms. The Morgan fingerprint density at radius 1 is 0.976 bits per heavy atom. The van der Waals surface area contributed by atoms with Crippen LogP contribution in [-0.4, -0.2) is 32.7 Å². The van der Waals surface area contributed by atoms with Crippen molar-refractivity contribution >= 4 is 95.5 Å². The number of nitrogens with zero attached hydrogens (tertiary/aromatic N) is 2. The molecule has 1 unspecified atom stereocenters. The summed E-state index contributed by atoms with van der Waals surface area (Å²) in [6, 6.07) is 32.0. The van der Waals surface area contributed by atoms with Crippen LogP contribution in [0, 0.1) is 5.92 Å². The summed E-state index contributed by atoms with van der Waals surface area (Å²) < 4.78 is 1.49. The zero-order chi connectivity index (χ0) is 28.8. The Kier molecular flexibility index (Phi) is 6.90. The molecule has 1 fully saturated rings. The molecule has 0 saturated carbocycles. The number of rotatable bonds is 6. The number of amides is 1. The number of para-hydroxylation sites is 1. The largest absolute Gasteiger partial charge is 0.480 e. The number of hydrogen-bond donors (Lipinski definition) is 1. The van der Waals surface area contributed by atoms with E-state index in [1.807, 2.05) is 12.1 Å². The summed E-state index contributed by atoms with van der Waals surface area (Å²) in [7, 11) is 0. The van der Waals surface area contributed by atoms with E-state index in [2.05, 4.69) is 102 Å². The van der Waals surface area contributed by atoms with Gasteiger partial charge in [0.25, 0.3) is 5.91 Å². The second-order valence-corrected chi connectivity index (χ2v) is 13.0. The second kappa shape index (κ2) is 10.9. The third-order valence-electron chi connectivity index (χ3n) is 7.53. The number of fused-ring (bicyclic) bond motifs is 4. The summed E-state index contributed by atoms with van der Waals surface area (Å²) in [5.74, 6) is -1.38. The van der Waals surface area contributed by atoms with Crippen molar-refractivity contribution in [1.82, 2.24) is 4.90 Å². The zero-order valence-electron chi connectivity index (χ0n) is 22.3. The van der Waals surface area contributed by atoms with Gasteiger partial charge in [-0.05, 0) is 47.7 Å². The molecule has 7 rings (SSSR count). The highest BCUT2D eigenvalue weighted by atomic mass is 32.2. The minimum absolute atomic E-state index is 0.0283. The molecule has 42 heavy (non-hydrogen) atoms. The fraction of sp³-hybridized carbons (Fsp3) is 0.0882. The molecular formula is C34H24N2O3S3. The molecule has 2 heterocycles. The average molecular weight is 605 g/mol. The minimum atomic E-state index is -1.08. The van der Waals surface area contributed by atoms with Crippen molar-refractivity contribution in [3.05, 3.63) is 118 Å². The smallest absolute Gasteiger partial charge is 0.323 e. The number of thioether (sulfide) groups is 1. The number of allylic oxidation sites excluding steroid dienone is 2. The van der Waals surface area contributed by atoms with Crippen LogP contribution in [0.2, 0.25) is 0 Å². The molecule has 1 atom stereocenters. The van der Waals surface area contributed by atoms with Gasteiger partial charge >= 0.3 is 5.97 Å². The number of thiophene rings is 1. The first-order valence-electron chi connectivity index (χ1n) is 13.5. The second-order valence-electron chi connectivity index (χ2n) is 10.2. The molecule has 1 N–H and O–H groups in total. The topological polar surface area (TPSA) is 60.9 Å². The van der Waals surface area contributed by atoms with Gasteiger partial charge in [0.2, 0.25) is 0 Å². The van der Waals surface area contributed by atoms with Gasteiger partial charge in [-0.2, -0.15) is 0 Å². The number of anilines is 3. The highest BCUT2D eigenvalue weighted by molar-refractivity contribution is 8.26. The van der Waals surface area contributed by atoms with Gasteiger partial charge in [-0.3, -0.25) is 14.5 Å². The molecule has 5 nitrogen and oxygen atoms in total. The Hall–Kier alpha value is -4.24. The van der Waals surface area contributed by atoms with E-state index < -0.39 is 12.5 Å². The lowest BCUT2D eigenvalue weighted by Crippen LogP contribution is -2.33. The lowest BCUT2D eigenvalue weighted by molar-refractivity contribution is -0.140. The van der Waals surface area contributed by atoms with Gasteiger partial charge in [0, 0.05) is 37.6 Å². The summed E-state index contributed by atoms with van der Waals surface area (Å²) in [6.07, 6.45) is 6.97. The average Bonchev–Trinajstić information content (AvgIpc) is 3.49. The Balaban J connectivity index is 1.24. The molecule has 5 aromatic rings. The predicted octanol–water partition coefficient (Wildman–Crippen LogP) is 8.54. The Morgan fingerprint density at radius 2 is 1.76 bits per heavy atom. The molecule has 206 valence electrons. The van der Waals surface area contributed by atoms with Crippen molar-refractivity contribution in [2.75, 3.05) is 11.4 Å². The fourth-order valence-corrected chi connectivity index (χ4v) is 8.23. The number of benzene rings is 4. The molecule has 1 aliphatic heterocycles. The standard InChI is InChI=1S/C34H24N2O3S3/c37-32(38)20-35-33(39)31(42-34(35)40)18-21-13-15-26-27-16-14-24(19-30(27)41-29(26)17-21)36(23-9-2-1-3-10-23)28-12-6-8-22-7-4-5-11-25(22)28/h1-16,18-19,21H,17,20H2,(H,37,38)/b31-18-. The monoisotopic (exact) mass is 604 g/mol. The van der Waals surface area contributed by atoms with E-state index in [1.165, 1.54) is 43.1 Å². The summed E-state index contributed by atoms with van der Waals surface area (Å²) in [4.78, 5) is 29.2. The summed E-state index contributed by atoms with van der Waals surface area (Å²) in [6.45, 7) is -0.413. The van der Waals surface area contributed by atoms with Crippen LogP contribution in [0.3, 0.4) is 0 Å². The zero-order valence-corrected chi connectivity index (χ0v) is 24.7. The van der Waals surface area contributed by atoms with Gasteiger partial charge in [0.15, 0.2) is 0 Å². The van der Waals surface area contributed by atoms with Crippen molar-refractivity contribution in [1.29, 1.82) is 0 Å². The lowest BCUT2D eigenvalue weighted by Gasteiger charge is -2.27. The van der Waals surface area contributed by atoms with Crippen molar-refractivity contribution in [3.8, 4) is 0 Å². The number of thiocarbonyl (C=S) groups is 1. The van der Waals surface area contributed by atoms with Gasteiger partial charge in [-0.1, -0.05) is 103 Å². The van der Waals surface area contributed by atoms with E-state index in [4.69, 9.17) is 17.3 Å². The van der Waals surface area contributed by atoms with Gasteiger partial charge in [-0.25, -0.2) is 0 Å². The first-order valence-corrected chi connectivity index (χ1v) is 15.5. The predicted molar refractivity (Wildman–Crippen MR) is 178 cm³/mol. The molecule has 4 aromatic carbocycles. The van der Waals surface area contributed by atoms with Crippen molar-refractivity contribution in [2.45, 2.75) is 6.42 Å². The van der Waals surface area contributed by atoms with Gasteiger partial charge in [0.05, 0.1) is 10.6 Å². The van der Waals surface area contributed by atoms with Crippen LogP contribution in [0.5, 0.6) is 0 Å². The molecule has 2 aliphatic rings. The highest BCUT2D eigenvalue weighted by Gasteiger charge is 2.34. The van der Waals surface area contributed by atoms with Crippen LogP contribution in [0.4, 0.5) is 17.1 Å². The quantitative estimate of drug-likeness (QED) is 0.155. The number of hydrogen-bond acceptors (Lipinski definition) is 6. The molecular weight excluding hydrogens is 581 g/mol. The first-order chi connectivity index (χ1) is 20.5. The van der Waals surface area contributed by atoms with E-state index in [1.54, 1.807) is 11.3 Å². The summed E-state index contributed by atoms with van der Waals surface area (Å²) in [5, 5.41) is 12.7. The van der Waals surface area contributed by atoms with Crippen LogP contribution in [0.1, 0.15) is 10.4 Å². The summed E-state index contributed by atoms with van der Waals surface area (Å²) >= 11 is 8.22. The van der Waals surface area contributed by atoms with Crippen LogP contribution in [0.15, 0.2) is 108 Å². The third kappa shape index (κ3) is 4.81. The van der Waals surface area contributed by atoms with E-state index in [9.17, 15) is 9.59 Å². The van der Waals surface area contributed by atoms with E-state index in [-0.39, 0.29) is 16.1 Å². The number of carbonyl (C=O) groups excluding carboxylic acids is 1. The molecule has 8 heteroatoms. The van der Waals surface area contributed by atoms with Crippen molar-refractivity contribution < 1.29 is 14.7 Å². The van der Waals surface area contributed by atoms with Crippen LogP contribution < -0.4 is 4.90 Å². The lowest BCUT2D eigenvalue weighted by atomic mass is 9.93.